The first-order chi connectivity index (χ1) is 5.76. The van der Waals surface area contributed by atoms with Crippen LogP contribution in [0.5, 0.6) is 0 Å². The molecule has 0 unspecified atom stereocenters. The highest BCUT2D eigenvalue weighted by atomic mass is 32.2. The molecule has 1 nitrogen and oxygen atoms in total. The number of rotatable bonds is 4. The molecule has 0 aliphatic carbocycles. The molecule has 0 fully saturated rings. The van der Waals surface area contributed by atoms with E-state index in [9.17, 15) is 0 Å². The number of terminal acetylenes is 1. The zero-order valence-electron chi connectivity index (χ0n) is 7.76. The third kappa shape index (κ3) is 4.15. The number of hydrogen-bond acceptors (Lipinski definition) is 2. The normalized spacial score (nSPS) is 12.5. The molecule has 0 heterocycles. The summed E-state index contributed by atoms with van der Waals surface area (Å²) in [7, 11) is 1.65. The molecule has 0 aromatic heterocycles. The van der Waals surface area contributed by atoms with Crippen LogP contribution < -0.4 is 0 Å². The number of methoxy groups -OCH3 is 1. The second-order valence-electron chi connectivity index (χ2n) is 2.28. The van der Waals surface area contributed by atoms with Crippen molar-refractivity contribution in [1.29, 1.82) is 0 Å². The first-order valence-electron chi connectivity index (χ1n) is 3.61. The van der Waals surface area contributed by atoms with Crippen molar-refractivity contribution in [2.75, 3.05) is 19.1 Å². The molecule has 0 rings (SSSR count). The van der Waals surface area contributed by atoms with E-state index >= 15 is 0 Å². The van der Waals surface area contributed by atoms with Crippen LogP contribution in [0.15, 0.2) is 23.5 Å². The van der Waals surface area contributed by atoms with Gasteiger partial charge in [-0.25, -0.2) is 0 Å². The lowest BCUT2D eigenvalue weighted by Crippen LogP contribution is -1.90. The minimum atomic E-state index is 0.863. The molecular formula is C10H14OS. The smallest absolute Gasteiger partial charge is 0.119 e. The van der Waals surface area contributed by atoms with Crippen LogP contribution in [-0.2, 0) is 4.74 Å². The van der Waals surface area contributed by atoms with Gasteiger partial charge in [-0.2, -0.15) is 11.8 Å². The first kappa shape index (κ1) is 11.2. The van der Waals surface area contributed by atoms with Crippen molar-refractivity contribution in [3.8, 4) is 12.3 Å². The standard InChI is InChI=1S/C10H14OS/c1-5-6-7-10(11-3)9(2)8-12-4/h1,6-7H,8H2,2-4H3/b7-6-,10-9-. The maximum absolute atomic E-state index is 5.15. The molecular weight excluding hydrogens is 168 g/mol. The second-order valence-corrected chi connectivity index (χ2v) is 3.15. The van der Waals surface area contributed by atoms with Gasteiger partial charge < -0.3 is 4.74 Å². The minimum absolute atomic E-state index is 0.863. The highest BCUT2D eigenvalue weighted by Gasteiger charge is 1.96. The van der Waals surface area contributed by atoms with Crippen LogP contribution in [0, 0.1) is 12.3 Å². The van der Waals surface area contributed by atoms with E-state index in [1.165, 1.54) is 5.57 Å². The van der Waals surface area contributed by atoms with Crippen LogP contribution >= 0.6 is 11.8 Å². The van der Waals surface area contributed by atoms with Crippen LogP contribution in [0.3, 0.4) is 0 Å². The molecule has 0 aliphatic rings. The lowest BCUT2D eigenvalue weighted by atomic mass is 10.2. The van der Waals surface area contributed by atoms with Crippen molar-refractivity contribution in [3.63, 3.8) is 0 Å². The SMILES string of the molecule is C#C/C=C\C(OC)=C(/C)CSC. The molecule has 0 aromatic carbocycles. The zero-order chi connectivity index (χ0) is 9.40. The Hall–Kier alpha value is -0.810. The van der Waals surface area contributed by atoms with Gasteiger partial charge in [0.15, 0.2) is 0 Å². The highest BCUT2D eigenvalue weighted by molar-refractivity contribution is 7.98. The van der Waals surface area contributed by atoms with Crippen molar-refractivity contribution in [3.05, 3.63) is 23.5 Å². The molecule has 0 bridgehead atoms. The Bertz CT molecular complexity index is 220. The molecule has 0 aromatic rings. The maximum atomic E-state index is 5.15. The molecule has 0 atom stereocenters. The molecule has 0 N–H and O–H groups in total. The van der Waals surface area contributed by atoms with Gasteiger partial charge in [-0.1, -0.05) is 5.92 Å². The second kappa shape index (κ2) is 6.87. The molecule has 0 radical (unpaired) electrons. The van der Waals surface area contributed by atoms with E-state index in [1.54, 1.807) is 24.9 Å². The minimum Gasteiger partial charge on any atom is -0.497 e. The van der Waals surface area contributed by atoms with E-state index in [-0.39, 0.29) is 0 Å². The lowest BCUT2D eigenvalue weighted by molar-refractivity contribution is 0.302. The molecule has 0 amide bonds. The predicted molar refractivity (Wildman–Crippen MR) is 56.1 cm³/mol. The maximum Gasteiger partial charge on any atom is 0.119 e. The van der Waals surface area contributed by atoms with Crippen LogP contribution in [0.1, 0.15) is 6.92 Å². The lowest BCUT2D eigenvalue weighted by Gasteiger charge is -2.04. The Morgan fingerprint density at radius 1 is 1.67 bits per heavy atom. The fourth-order valence-electron chi connectivity index (χ4n) is 0.796. The Labute approximate surface area is 78.9 Å². The van der Waals surface area contributed by atoms with Gasteiger partial charge in [0.05, 0.1) is 7.11 Å². The summed E-state index contributed by atoms with van der Waals surface area (Å²) in [6.07, 6.45) is 10.6. The number of thioether (sulfide) groups is 1. The summed E-state index contributed by atoms with van der Waals surface area (Å²) in [6.45, 7) is 2.04. The summed E-state index contributed by atoms with van der Waals surface area (Å²) >= 11 is 1.76. The topological polar surface area (TPSA) is 9.23 Å². The molecule has 0 aliphatic heterocycles. The molecule has 12 heavy (non-hydrogen) atoms. The van der Waals surface area contributed by atoms with Crippen LogP contribution in [0.4, 0.5) is 0 Å². The fourth-order valence-corrected chi connectivity index (χ4v) is 1.37. The Balaban J connectivity index is 4.40. The van der Waals surface area contributed by atoms with Crippen molar-refractivity contribution < 1.29 is 4.74 Å². The van der Waals surface area contributed by atoms with E-state index in [2.05, 4.69) is 12.2 Å². The van der Waals surface area contributed by atoms with Crippen LogP contribution in [0.2, 0.25) is 0 Å². The van der Waals surface area contributed by atoms with Crippen LogP contribution in [-0.4, -0.2) is 19.1 Å². The van der Waals surface area contributed by atoms with E-state index in [0.717, 1.165) is 11.5 Å². The van der Waals surface area contributed by atoms with Crippen molar-refractivity contribution in [2.24, 2.45) is 0 Å². The quantitative estimate of drug-likeness (QED) is 0.375. The number of allylic oxidation sites excluding steroid dienone is 2. The average molecular weight is 182 g/mol. The highest BCUT2D eigenvalue weighted by Crippen LogP contribution is 2.11. The van der Waals surface area contributed by atoms with E-state index < -0.39 is 0 Å². The third-order valence-corrected chi connectivity index (χ3v) is 2.05. The van der Waals surface area contributed by atoms with E-state index in [0.29, 0.717) is 0 Å². The summed E-state index contributed by atoms with van der Waals surface area (Å²) in [5, 5.41) is 0. The first-order valence-corrected chi connectivity index (χ1v) is 5.01. The fraction of sp³-hybridized carbons (Fsp3) is 0.400. The summed E-state index contributed by atoms with van der Waals surface area (Å²) < 4.78 is 5.15. The van der Waals surface area contributed by atoms with Gasteiger partial charge in [-0.05, 0) is 30.9 Å². The van der Waals surface area contributed by atoms with Gasteiger partial charge in [0, 0.05) is 5.75 Å². The monoisotopic (exact) mass is 182 g/mol. The number of hydrogen-bond donors (Lipinski definition) is 0. The summed E-state index contributed by atoms with van der Waals surface area (Å²) in [4.78, 5) is 0. The van der Waals surface area contributed by atoms with E-state index in [4.69, 9.17) is 11.2 Å². The van der Waals surface area contributed by atoms with Gasteiger partial charge in [-0.3, -0.25) is 0 Å². The Morgan fingerprint density at radius 2 is 2.33 bits per heavy atom. The van der Waals surface area contributed by atoms with Crippen molar-refractivity contribution in [1.82, 2.24) is 0 Å². The summed E-state index contributed by atoms with van der Waals surface area (Å²) in [5.74, 6) is 4.26. The number of ether oxygens (including phenoxy) is 1. The molecule has 2 heteroatoms. The molecule has 0 saturated carbocycles. The van der Waals surface area contributed by atoms with E-state index in [1.807, 2.05) is 13.0 Å². The summed E-state index contributed by atoms with van der Waals surface area (Å²) in [6, 6.07) is 0. The summed E-state index contributed by atoms with van der Waals surface area (Å²) in [5.41, 5.74) is 1.21. The van der Waals surface area contributed by atoms with Gasteiger partial charge in [0.2, 0.25) is 0 Å². The van der Waals surface area contributed by atoms with Crippen molar-refractivity contribution >= 4 is 11.8 Å². The Kier molecular flexibility index (Phi) is 6.41. The molecule has 0 spiro atoms. The van der Waals surface area contributed by atoms with Crippen LogP contribution in [0.25, 0.3) is 0 Å². The third-order valence-electron chi connectivity index (χ3n) is 1.33. The molecule has 66 valence electrons. The van der Waals surface area contributed by atoms with Gasteiger partial charge >= 0.3 is 0 Å². The average Bonchev–Trinajstić information content (AvgIpc) is 2.06. The van der Waals surface area contributed by atoms with Crippen molar-refractivity contribution in [2.45, 2.75) is 6.92 Å². The van der Waals surface area contributed by atoms with Gasteiger partial charge in [0.25, 0.3) is 0 Å². The van der Waals surface area contributed by atoms with Gasteiger partial charge in [0.1, 0.15) is 5.76 Å². The Morgan fingerprint density at radius 3 is 2.75 bits per heavy atom. The largest absolute Gasteiger partial charge is 0.497 e. The predicted octanol–water partition coefficient (Wildman–Crippen LogP) is 2.46. The van der Waals surface area contributed by atoms with Gasteiger partial charge in [-0.15, -0.1) is 6.42 Å². The zero-order valence-corrected chi connectivity index (χ0v) is 8.57. The molecule has 0 saturated heterocycles.